The third-order valence-electron chi connectivity index (χ3n) is 12.8. The second-order valence-electron chi connectivity index (χ2n) is 19.6. The molecule has 6 heteroatoms. The number of unbranched alkanes of at least 4 members (excludes halogenated alkanes) is 33. The van der Waals surface area contributed by atoms with E-state index in [1.165, 1.54) is 193 Å². The van der Waals surface area contributed by atoms with Crippen LogP contribution < -0.4 is 0 Å². The Hall–Kier alpha value is -1.59. The van der Waals surface area contributed by atoms with Crippen LogP contribution in [0.3, 0.4) is 0 Å². The Bertz CT molecular complexity index is 933. The van der Waals surface area contributed by atoms with Gasteiger partial charge in [-0.25, -0.2) is 0 Å². The highest BCUT2D eigenvalue weighted by atomic mass is 16.6. The molecular formula is C55H106O6. The summed E-state index contributed by atoms with van der Waals surface area (Å²) in [5.41, 5.74) is 0. The Morgan fingerprint density at radius 1 is 0.344 bits per heavy atom. The minimum atomic E-state index is -0.761. The molecule has 0 N–H and O–H groups in total. The fourth-order valence-corrected chi connectivity index (χ4v) is 8.31. The molecule has 0 aromatic heterocycles. The Morgan fingerprint density at radius 2 is 0.623 bits per heavy atom. The van der Waals surface area contributed by atoms with E-state index in [-0.39, 0.29) is 31.1 Å². The van der Waals surface area contributed by atoms with Gasteiger partial charge in [-0.3, -0.25) is 14.4 Å². The average Bonchev–Trinajstić information content (AvgIpc) is 3.24. The molecule has 6 nitrogen and oxygen atoms in total. The minimum Gasteiger partial charge on any atom is -0.462 e. The van der Waals surface area contributed by atoms with Crippen molar-refractivity contribution in [3.05, 3.63) is 0 Å². The van der Waals surface area contributed by atoms with Gasteiger partial charge in [0, 0.05) is 19.3 Å². The van der Waals surface area contributed by atoms with E-state index in [1.807, 2.05) is 0 Å². The molecule has 0 aliphatic carbocycles. The predicted octanol–water partition coefficient (Wildman–Crippen LogP) is 17.7. The highest BCUT2D eigenvalue weighted by Crippen LogP contribution is 2.18. The van der Waals surface area contributed by atoms with Crippen LogP contribution in [0.2, 0.25) is 0 Å². The number of rotatable bonds is 49. The Balaban J connectivity index is 4.16. The Labute approximate surface area is 380 Å². The van der Waals surface area contributed by atoms with Gasteiger partial charge in [-0.2, -0.15) is 0 Å². The van der Waals surface area contributed by atoms with E-state index in [1.54, 1.807) is 0 Å². The molecule has 0 aromatic carbocycles. The number of esters is 3. The molecule has 0 aliphatic heterocycles. The van der Waals surface area contributed by atoms with Gasteiger partial charge in [0.1, 0.15) is 13.2 Å². The first-order valence-corrected chi connectivity index (χ1v) is 27.3. The lowest BCUT2D eigenvalue weighted by atomic mass is 9.99. The molecule has 0 aliphatic rings. The second-order valence-corrected chi connectivity index (χ2v) is 19.6. The molecule has 0 spiro atoms. The van der Waals surface area contributed by atoms with Gasteiger partial charge in [0.2, 0.25) is 0 Å². The lowest BCUT2D eigenvalue weighted by Gasteiger charge is -2.18. The number of hydrogen-bond donors (Lipinski definition) is 0. The molecule has 0 aromatic rings. The third-order valence-corrected chi connectivity index (χ3v) is 12.8. The van der Waals surface area contributed by atoms with E-state index in [0.29, 0.717) is 19.3 Å². The summed E-state index contributed by atoms with van der Waals surface area (Å²) in [4.78, 5) is 37.9. The predicted molar refractivity (Wildman–Crippen MR) is 261 cm³/mol. The molecule has 61 heavy (non-hydrogen) atoms. The van der Waals surface area contributed by atoms with E-state index in [0.717, 1.165) is 69.6 Å². The van der Waals surface area contributed by atoms with Crippen LogP contribution >= 0.6 is 0 Å². The van der Waals surface area contributed by atoms with Gasteiger partial charge in [0.05, 0.1) is 0 Å². The molecular weight excluding hydrogens is 757 g/mol. The monoisotopic (exact) mass is 863 g/mol. The molecule has 0 heterocycles. The third kappa shape index (κ3) is 47.7. The molecule has 0 bridgehead atoms. The van der Waals surface area contributed by atoms with Crippen LogP contribution in [0.1, 0.15) is 304 Å². The summed E-state index contributed by atoms with van der Waals surface area (Å²) in [5, 5.41) is 0. The van der Waals surface area contributed by atoms with Crippen molar-refractivity contribution in [2.24, 2.45) is 11.8 Å². The maximum absolute atomic E-state index is 12.8. The smallest absolute Gasteiger partial charge is 0.306 e. The molecule has 0 saturated heterocycles. The second kappa shape index (κ2) is 47.9. The molecule has 0 fully saturated rings. The van der Waals surface area contributed by atoms with E-state index in [4.69, 9.17) is 14.2 Å². The van der Waals surface area contributed by atoms with Crippen molar-refractivity contribution >= 4 is 17.9 Å². The van der Waals surface area contributed by atoms with Gasteiger partial charge in [0.25, 0.3) is 0 Å². The summed E-state index contributed by atoms with van der Waals surface area (Å²) >= 11 is 0. The van der Waals surface area contributed by atoms with Gasteiger partial charge >= 0.3 is 17.9 Å². The summed E-state index contributed by atoms with van der Waals surface area (Å²) < 4.78 is 16.8. The standard InChI is InChI=1S/C55H106O6/c1-6-8-9-10-11-12-24-30-35-40-45-53(56)59-48-52(61-55(58)47-42-37-32-27-26-28-33-38-43-50(3)4)49-60-54(57)46-41-36-31-25-22-20-18-16-14-13-15-17-19-21-23-29-34-39-44-51(5)7-2/h50-52H,6-49H2,1-5H3/t51?,52-/m1/s1. The summed E-state index contributed by atoms with van der Waals surface area (Å²) in [7, 11) is 0. The first-order valence-electron chi connectivity index (χ1n) is 27.3. The van der Waals surface area contributed by atoms with Crippen LogP contribution in [0.25, 0.3) is 0 Å². The van der Waals surface area contributed by atoms with Crippen molar-refractivity contribution in [3.63, 3.8) is 0 Å². The largest absolute Gasteiger partial charge is 0.462 e. The topological polar surface area (TPSA) is 78.9 Å². The van der Waals surface area contributed by atoms with Gasteiger partial charge in [-0.1, -0.05) is 266 Å². The van der Waals surface area contributed by atoms with Crippen molar-refractivity contribution in [2.45, 2.75) is 310 Å². The van der Waals surface area contributed by atoms with Crippen molar-refractivity contribution in [1.29, 1.82) is 0 Å². The van der Waals surface area contributed by atoms with Crippen LogP contribution in [-0.2, 0) is 28.6 Å². The zero-order valence-corrected chi connectivity index (χ0v) is 41.8. The van der Waals surface area contributed by atoms with Crippen molar-refractivity contribution in [3.8, 4) is 0 Å². The summed E-state index contributed by atoms with van der Waals surface area (Å²) in [6.45, 7) is 11.4. The molecule has 0 rings (SSSR count). The summed E-state index contributed by atoms with van der Waals surface area (Å²) in [5.74, 6) is 0.854. The molecule has 362 valence electrons. The Kier molecular flexibility index (Phi) is 46.6. The number of hydrogen-bond acceptors (Lipinski definition) is 6. The highest BCUT2D eigenvalue weighted by molar-refractivity contribution is 5.71. The molecule has 0 radical (unpaired) electrons. The molecule has 0 saturated carbocycles. The normalized spacial score (nSPS) is 12.5. The summed E-state index contributed by atoms with van der Waals surface area (Å²) in [6, 6.07) is 0. The van der Waals surface area contributed by atoms with Crippen molar-refractivity contribution < 1.29 is 28.6 Å². The first-order chi connectivity index (χ1) is 29.8. The first kappa shape index (κ1) is 59.4. The average molecular weight is 863 g/mol. The zero-order valence-electron chi connectivity index (χ0n) is 41.8. The maximum Gasteiger partial charge on any atom is 0.306 e. The van der Waals surface area contributed by atoms with Crippen LogP contribution in [0.5, 0.6) is 0 Å². The van der Waals surface area contributed by atoms with Crippen molar-refractivity contribution in [2.75, 3.05) is 13.2 Å². The van der Waals surface area contributed by atoms with E-state index >= 15 is 0 Å². The Morgan fingerprint density at radius 3 is 0.934 bits per heavy atom. The van der Waals surface area contributed by atoms with Crippen LogP contribution in [0.15, 0.2) is 0 Å². The minimum absolute atomic E-state index is 0.0638. The summed E-state index contributed by atoms with van der Waals surface area (Å²) in [6.07, 6.45) is 49.6. The number of ether oxygens (including phenoxy) is 3. The lowest BCUT2D eigenvalue weighted by molar-refractivity contribution is -0.167. The van der Waals surface area contributed by atoms with E-state index in [2.05, 4.69) is 34.6 Å². The van der Waals surface area contributed by atoms with Gasteiger partial charge < -0.3 is 14.2 Å². The van der Waals surface area contributed by atoms with Crippen molar-refractivity contribution in [1.82, 2.24) is 0 Å². The quantitative estimate of drug-likeness (QED) is 0.0344. The highest BCUT2D eigenvalue weighted by Gasteiger charge is 2.19. The number of carbonyl (C=O) groups excluding carboxylic acids is 3. The fourth-order valence-electron chi connectivity index (χ4n) is 8.31. The number of carbonyl (C=O) groups is 3. The van der Waals surface area contributed by atoms with Crippen LogP contribution in [0.4, 0.5) is 0 Å². The van der Waals surface area contributed by atoms with Gasteiger partial charge in [-0.05, 0) is 31.1 Å². The van der Waals surface area contributed by atoms with Crippen LogP contribution in [-0.4, -0.2) is 37.2 Å². The molecule has 2 atom stereocenters. The van der Waals surface area contributed by atoms with Crippen LogP contribution in [0, 0.1) is 11.8 Å². The van der Waals surface area contributed by atoms with E-state index < -0.39 is 6.10 Å². The van der Waals surface area contributed by atoms with E-state index in [9.17, 15) is 14.4 Å². The molecule has 1 unspecified atom stereocenters. The zero-order chi connectivity index (χ0) is 44.7. The SMILES string of the molecule is CCCCCCCCCCCCC(=O)OC[C@H](COC(=O)CCCCCCCCCCCCCCCCCCCCC(C)CC)OC(=O)CCCCCCCCCCC(C)C. The lowest BCUT2D eigenvalue weighted by Crippen LogP contribution is -2.30. The maximum atomic E-state index is 12.8. The van der Waals surface area contributed by atoms with Gasteiger partial charge in [-0.15, -0.1) is 0 Å². The van der Waals surface area contributed by atoms with Gasteiger partial charge in [0.15, 0.2) is 6.10 Å². The molecule has 0 amide bonds. The fraction of sp³-hybridized carbons (Fsp3) is 0.945.